The Morgan fingerprint density at radius 3 is 2.59 bits per heavy atom. The van der Waals surface area contributed by atoms with Crippen molar-refractivity contribution in [2.45, 2.75) is 76.7 Å². The maximum atomic E-state index is 13.8. The first-order valence-corrected chi connectivity index (χ1v) is 18.3. The summed E-state index contributed by atoms with van der Waals surface area (Å²) in [6, 6.07) is 9.70. The fourth-order valence-electron chi connectivity index (χ4n) is 7.19. The van der Waals surface area contributed by atoms with Gasteiger partial charge in [0.1, 0.15) is 23.5 Å². The predicted octanol–water partition coefficient (Wildman–Crippen LogP) is 3.69. The fraction of sp³-hybridized carbons (Fsp3) is 0.515. The Balaban J connectivity index is 1.26. The minimum Gasteiger partial charge on any atom is -0.482 e. The Morgan fingerprint density at radius 2 is 1.93 bits per heavy atom. The molecule has 13 heteroatoms. The van der Waals surface area contributed by atoms with Gasteiger partial charge in [-0.25, -0.2) is 14.3 Å². The third-order valence-corrected chi connectivity index (χ3v) is 10.4. The minimum atomic E-state index is -2.36. The normalized spacial score (nSPS) is 21.7. The molecule has 0 spiro atoms. The van der Waals surface area contributed by atoms with Crippen LogP contribution in [0, 0.1) is 12.8 Å². The number of ether oxygens (including phenoxy) is 1. The van der Waals surface area contributed by atoms with Gasteiger partial charge >= 0.3 is 0 Å². The summed E-state index contributed by atoms with van der Waals surface area (Å²) in [4.78, 5) is 38.4. The highest BCUT2D eigenvalue weighted by Crippen LogP contribution is 2.40. The van der Waals surface area contributed by atoms with Gasteiger partial charge in [0.2, 0.25) is 5.91 Å². The number of hydrogen-bond donors (Lipinski definition) is 2. The molecule has 6 heterocycles. The maximum Gasteiger partial charge on any atom is 0.254 e. The molecule has 244 valence electrons. The van der Waals surface area contributed by atoms with Crippen molar-refractivity contribution in [3.8, 4) is 17.3 Å². The maximum absolute atomic E-state index is 13.8. The SMILES string of the molecule is COc1cc(C(=O)N2[C@H]3CC[C@@H]2[C@H](N)C3)cc2nc(-c3cc4ccc([C@@H](C)NC(=O)CN=S(C)(C)=O)nc4n3CC3CC3)c(C)n12. The summed E-state index contributed by atoms with van der Waals surface area (Å²) in [7, 11) is -0.745. The van der Waals surface area contributed by atoms with Gasteiger partial charge < -0.3 is 25.3 Å². The van der Waals surface area contributed by atoms with Crippen molar-refractivity contribution < 1.29 is 18.5 Å². The summed E-state index contributed by atoms with van der Waals surface area (Å²) in [6.45, 7) is 4.55. The number of aromatic nitrogens is 4. The number of methoxy groups -OCH3 is 1. The van der Waals surface area contributed by atoms with E-state index in [4.69, 9.17) is 20.4 Å². The van der Waals surface area contributed by atoms with Crippen LogP contribution in [0.1, 0.15) is 66.8 Å². The van der Waals surface area contributed by atoms with Gasteiger partial charge in [-0.1, -0.05) is 0 Å². The number of carbonyl (C=O) groups is 2. The van der Waals surface area contributed by atoms with Crippen LogP contribution in [0.4, 0.5) is 0 Å². The van der Waals surface area contributed by atoms with Gasteiger partial charge in [-0.3, -0.25) is 18.2 Å². The van der Waals surface area contributed by atoms with E-state index in [0.717, 1.165) is 59.6 Å². The van der Waals surface area contributed by atoms with Gasteiger partial charge in [-0.2, -0.15) is 0 Å². The second kappa shape index (κ2) is 11.4. The molecule has 4 aromatic heterocycles. The molecule has 3 aliphatic rings. The molecular weight excluding hydrogens is 604 g/mol. The Kier molecular flexibility index (Phi) is 7.58. The first-order valence-electron chi connectivity index (χ1n) is 16.0. The second-order valence-electron chi connectivity index (χ2n) is 13.4. The van der Waals surface area contributed by atoms with Crippen molar-refractivity contribution in [1.82, 2.24) is 29.2 Å². The number of nitrogens with zero attached hydrogens (tertiary/aromatic N) is 6. The molecule has 3 N–H and O–H groups in total. The van der Waals surface area contributed by atoms with Crippen molar-refractivity contribution >= 4 is 38.2 Å². The van der Waals surface area contributed by atoms with Crippen molar-refractivity contribution in [3.63, 3.8) is 0 Å². The standard InChI is InChI=1S/C33H42N8O4S/c1-18(36-29(42)16-35-46(4,5)44)25-10-8-21-12-27(39(32(21)37-25)17-20-6-7-20)31-19(2)40-28(38-31)13-22(14-30(40)45-3)33(43)41-23-9-11-26(41)24(34)15-23/h8,10,12-14,18,20,23-24,26H,6-7,9,11,15-17,34H2,1-5H3,(H,36,42)/t18-,23+,24-,26-/m1/s1. The summed E-state index contributed by atoms with van der Waals surface area (Å²) in [5.41, 5.74) is 11.8. The topological polar surface area (TPSA) is 149 Å². The van der Waals surface area contributed by atoms with Crippen LogP contribution in [-0.4, -0.2) is 84.2 Å². The average molecular weight is 647 g/mol. The van der Waals surface area contributed by atoms with E-state index < -0.39 is 9.73 Å². The molecule has 2 aliphatic heterocycles. The van der Waals surface area contributed by atoms with Crippen LogP contribution in [0.2, 0.25) is 0 Å². The van der Waals surface area contributed by atoms with Crippen LogP contribution in [-0.2, 0) is 21.1 Å². The highest BCUT2D eigenvalue weighted by atomic mass is 32.2. The van der Waals surface area contributed by atoms with Crippen LogP contribution in [0.25, 0.3) is 28.1 Å². The van der Waals surface area contributed by atoms with Crippen LogP contribution < -0.4 is 15.8 Å². The molecule has 0 aromatic carbocycles. The Labute approximate surface area is 268 Å². The van der Waals surface area contributed by atoms with E-state index in [2.05, 4.69) is 20.3 Å². The van der Waals surface area contributed by atoms with Gasteiger partial charge in [-0.15, -0.1) is 0 Å². The number of nitrogens with two attached hydrogens (primary N) is 1. The van der Waals surface area contributed by atoms with Crippen LogP contribution in [0.5, 0.6) is 5.88 Å². The molecular formula is C33H42N8O4S. The summed E-state index contributed by atoms with van der Waals surface area (Å²) < 4.78 is 25.9. The van der Waals surface area contributed by atoms with E-state index in [1.807, 2.05) is 47.4 Å². The summed E-state index contributed by atoms with van der Waals surface area (Å²) in [6.07, 6.45) is 8.16. The smallest absolute Gasteiger partial charge is 0.254 e. The molecule has 0 radical (unpaired) electrons. The number of nitrogens with one attached hydrogen (secondary N) is 1. The molecule has 4 atom stereocenters. The highest BCUT2D eigenvalue weighted by Gasteiger charge is 2.47. The lowest BCUT2D eigenvalue weighted by Gasteiger charge is -2.23. The van der Waals surface area contributed by atoms with Crippen LogP contribution in [0.3, 0.4) is 0 Å². The van der Waals surface area contributed by atoms with Crippen molar-refractivity contribution in [2.24, 2.45) is 16.0 Å². The lowest BCUT2D eigenvalue weighted by molar-refractivity contribution is -0.120. The van der Waals surface area contributed by atoms with E-state index in [-0.39, 0.29) is 42.5 Å². The largest absolute Gasteiger partial charge is 0.482 e. The van der Waals surface area contributed by atoms with Crippen molar-refractivity contribution in [2.75, 3.05) is 26.2 Å². The number of aryl methyl sites for hydroxylation is 1. The third-order valence-electron chi connectivity index (χ3n) is 9.68. The van der Waals surface area contributed by atoms with Gasteiger partial charge in [-0.05, 0) is 76.1 Å². The summed E-state index contributed by atoms with van der Waals surface area (Å²) in [5.74, 6) is 0.800. The molecule has 1 saturated carbocycles. The molecule has 3 fully saturated rings. The monoisotopic (exact) mass is 646 g/mol. The number of amides is 2. The van der Waals surface area contributed by atoms with E-state index in [9.17, 15) is 13.8 Å². The number of hydrogen-bond acceptors (Lipinski definition) is 8. The van der Waals surface area contributed by atoms with Gasteiger partial charge in [0.15, 0.2) is 5.88 Å². The van der Waals surface area contributed by atoms with Gasteiger partial charge in [0, 0.05) is 63.9 Å². The molecule has 2 bridgehead atoms. The fourth-order valence-corrected chi connectivity index (χ4v) is 7.62. The molecule has 4 aromatic rings. The summed E-state index contributed by atoms with van der Waals surface area (Å²) in [5, 5.41) is 3.91. The van der Waals surface area contributed by atoms with Crippen molar-refractivity contribution in [1.29, 1.82) is 0 Å². The Bertz CT molecular complexity index is 2000. The third kappa shape index (κ3) is 5.53. The summed E-state index contributed by atoms with van der Waals surface area (Å²) >= 11 is 0. The Morgan fingerprint density at radius 1 is 1.15 bits per heavy atom. The van der Waals surface area contributed by atoms with Crippen molar-refractivity contribution in [3.05, 3.63) is 47.3 Å². The van der Waals surface area contributed by atoms with E-state index in [0.29, 0.717) is 23.0 Å². The molecule has 2 amide bonds. The average Bonchev–Trinajstić information content (AvgIpc) is 3.33. The quantitative estimate of drug-likeness (QED) is 0.282. The van der Waals surface area contributed by atoms with E-state index >= 15 is 0 Å². The number of rotatable bonds is 9. The number of fused-ring (bicyclic) bond motifs is 4. The van der Waals surface area contributed by atoms with E-state index in [1.54, 1.807) is 7.11 Å². The lowest BCUT2D eigenvalue weighted by atomic mass is 9.97. The molecule has 1 aliphatic carbocycles. The van der Waals surface area contributed by atoms with Crippen LogP contribution >= 0.6 is 0 Å². The first-order chi connectivity index (χ1) is 21.9. The van der Waals surface area contributed by atoms with E-state index in [1.165, 1.54) is 25.4 Å². The minimum absolute atomic E-state index is 0.0177. The number of imidazole rings is 1. The molecule has 2 saturated heterocycles. The van der Waals surface area contributed by atoms with Gasteiger partial charge in [0.25, 0.3) is 5.91 Å². The van der Waals surface area contributed by atoms with Crippen LogP contribution in [0.15, 0.2) is 34.7 Å². The predicted molar refractivity (Wildman–Crippen MR) is 177 cm³/mol. The highest BCUT2D eigenvalue weighted by molar-refractivity contribution is 7.92. The second-order valence-corrected chi connectivity index (χ2v) is 16.0. The Hall–Kier alpha value is -3.97. The molecule has 46 heavy (non-hydrogen) atoms. The molecule has 0 unspecified atom stereocenters. The first kappa shape index (κ1) is 30.7. The zero-order valence-corrected chi connectivity index (χ0v) is 27.8. The molecule has 12 nitrogen and oxygen atoms in total. The number of pyridine rings is 2. The molecule has 7 rings (SSSR count). The lowest BCUT2D eigenvalue weighted by Crippen LogP contribution is -2.40. The van der Waals surface area contributed by atoms with Gasteiger partial charge in [0.05, 0.1) is 30.2 Å². The number of carbonyl (C=O) groups excluding carboxylic acids is 2. The zero-order valence-electron chi connectivity index (χ0n) is 27.0. The zero-order chi connectivity index (χ0) is 32.5.